The summed E-state index contributed by atoms with van der Waals surface area (Å²) in [5, 5.41) is 8.85. The van der Waals surface area contributed by atoms with Gasteiger partial charge in [-0.15, -0.1) is 0 Å². The molecule has 1 heterocycles. The van der Waals surface area contributed by atoms with Crippen molar-refractivity contribution < 1.29 is 14.7 Å². The predicted molar refractivity (Wildman–Crippen MR) is 76.9 cm³/mol. The van der Waals surface area contributed by atoms with Crippen LogP contribution >= 0.6 is 0 Å². The summed E-state index contributed by atoms with van der Waals surface area (Å²) in [6.07, 6.45) is 2.22. The van der Waals surface area contributed by atoms with E-state index in [0.717, 1.165) is 25.9 Å². The average molecular weight is 275 g/mol. The van der Waals surface area contributed by atoms with Crippen LogP contribution in [0.3, 0.4) is 0 Å². The van der Waals surface area contributed by atoms with Gasteiger partial charge in [-0.05, 0) is 48.9 Å². The monoisotopic (exact) mass is 275 g/mol. The third-order valence-electron chi connectivity index (χ3n) is 3.76. The molecule has 1 N–H and O–H groups in total. The van der Waals surface area contributed by atoms with Gasteiger partial charge in [0, 0.05) is 18.7 Å². The molecule has 0 radical (unpaired) electrons. The Bertz CT molecular complexity index is 493. The summed E-state index contributed by atoms with van der Waals surface area (Å²) in [6, 6.07) is 6.16. The molecular weight excluding hydrogens is 254 g/mol. The summed E-state index contributed by atoms with van der Waals surface area (Å²) in [6.45, 7) is 6.03. The predicted octanol–water partition coefficient (Wildman–Crippen LogP) is 2.89. The highest BCUT2D eigenvalue weighted by Gasteiger charge is 2.27. The summed E-state index contributed by atoms with van der Waals surface area (Å²) in [4.78, 5) is 25.0. The number of carboxylic acid groups (broad SMARTS) is 1. The molecule has 108 valence electrons. The number of aromatic carboxylic acids is 1. The normalized spacial score (nSPS) is 18.6. The van der Waals surface area contributed by atoms with E-state index in [0.29, 0.717) is 17.4 Å². The summed E-state index contributed by atoms with van der Waals surface area (Å²) in [7, 11) is 0. The van der Waals surface area contributed by atoms with Crippen LogP contribution in [-0.4, -0.2) is 35.0 Å². The number of rotatable bonds is 4. The molecule has 1 amide bonds. The summed E-state index contributed by atoms with van der Waals surface area (Å²) in [5.41, 5.74) is 0.779. The molecule has 1 aromatic carbocycles. The Morgan fingerprint density at radius 2 is 1.85 bits per heavy atom. The molecule has 1 aliphatic rings. The minimum atomic E-state index is -0.970. The fraction of sp³-hybridized carbons (Fsp3) is 0.500. The van der Waals surface area contributed by atoms with E-state index in [2.05, 4.69) is 13.8 Å². The average Bonchev–Trinajstić information content (AvgIpc) is 2.85. The molecule has 2 rings (SSSR count). The fourth-order valence-corrected chi connectivity index (χ4v) is 2.81. The molecular formula is C16H21NO3. The Hall–Kier alpha value is -1.84. The van der Waals surface area contributed by atoms with E-state index in [4.69, 9.17) is 5.11 Å². The molecule has 0 aromatic heterocycles. The quantitative estimate of drug-likeness (QED) is 0.919. The highest BCUT2D eigenvalue weighted by atomic mass is 16.4. The van der Waals surface area contributed by atoms with Crippen molar-refractivity contribution in [3.63, 3.8) is 0 Å². The standard InChI is InChI=1S/C16H21NO3/c1-11(2)9-12-7-8-17(10-12)15(18)13-3-5-14(6-4-13)16(19)20/h3-6,11-12H,7-10H2,1-2H3,(H,19,20). The first-order valence-electron chi connectivity index (χ1n) is 7.10. The van der Waals surface area contributed by atoms with Crippen LogP contribution in [0.15, 0.2) is 24.3 Å². The molecule has 1 saturated heterocycles. The molecule has 0 bridgehead atoms. The molecule has 0 aliphatic carbocycles. The van der Waals surface area contributed by atoms with Gasteiger partial charge in [-0.25, -0.2) is 4.79 Å². The van der Waals surface area contributed by atoms with E-state index in [1.807, 2.05) is 4.90 Å². The first-order valence-corrected chi connectivity index (χ1v) is 7.10. The van der Waals surface area contributed by atoms with Crippen LogP contribution in [0.2, 0.25) is 0 Å². The van der Waals surface area contributed by atoms with Crippen molar-refractivity contribution in [3.8, 4) is 0 Å². The molecule has 1 aromatic rings. The maximum Gasteiger partial charge on any atom is 0.335 e. The van der Waals surface area contributed by atoms with Crippen molar-refractivity contribution in [3.05, 3.63) is 35.4 Å². The molecule has 4 nitrogen and oxygen atoms in total. The lowest BCUT2D eigenvalue weighted by Gasteiger charge is -2.17. The number of hydrogen-bond donors (Lipinski definition) is 1. The van der Waals surface area contributed by atoms with Crippen LogP contribution in [0.25, 0.3) is 0 Å². The van der Waals surface area contributed by atoms with Gasteiger partial charge in [0.25, 0.3) is 5.91 Å². The van der Waals surface area contributed by atoms with Gasteiger partial charge >= 0.3 is 5.97 Å². The zero-order chi connectivity index (χ0) is 14.7. The zero-order valence-corrected chi connectivity index (χ0v) is 12.0. The van der Waals surface area contributed by atoms with E-state index >= 15 is 0 Å². The van der Waals surface area contributed by atoms with Crippen LogP contribution in [0.5, 0.6) is 0 Å². The SMILES string of the molecule is CC(C)CC1CCN(C(=O)c2ccc(C(=O)O)cc2)C1. The molecule has 1 fully saturated rings. The Morgan fingerprint density at radius 1 is 1.25 bits per heavy atom. The third kappa shape index (κ3) is 3.38. The van der Waals surface area contributed by atoms with Crippen LogP contribution in [0.1, 0.15) is 47.4 Å². The van der Waals surface area contributed by atoms with Crippen LogP contribution in [-0.2, 0) is 0 Å². The van der Waals surface area contributed by atoms with Crippen molar-refractivity contribution in [1.82, 2.24) is 4.90 Å². The van der Waals surface area contributed by atoms with Gasteiger partial charge < -0.3 is 10.0 Å². The number of amides is 1. The lowest BCUT2D eigenvalue weighted by molar-refractivity contribution is 0.0695. The molecule has 1 aliphatic heterocycles. The second-order valence-corrected chi connectivity index (χ2v) is 5.92. The van der Waals surface area contributed by atoms with E-state index in [9.17, 15) is 9.59 Å². The summed E-state index contributed by atoms with van der Waals surface area (Å²) >= 11 is 0. The second kappa shape index (κ2) is 6.07. The number of carbonyl (C=O) groups is 2. The second-order valence-electron chi connectivity index (χ2n) is 5.92. The van der Waals surface area contributed by atoms with Gasteiger partial charge in [-0.1, -0.05) is 13.8 Å². The lowest BCUT2D eigenvalue weighted by atomic mass is 9.97. The van der Waals surface area contributed by atoms with E-state index < -0.39 is 5.97 Å². The van der Waals surface area contributed by atoms with Crippen LogP contribution < -0.4 is 0 Å². The molecule has 20 heavy (non-hydrogen) atoms. The highest BCUT2D eigenvalue weighted by Crippen LogP contribution is 2.24. The molecule has 1 atom stereocenters. The number of carbonyl (C=O) groups excluding carboxylic acids is 1. The topological polar surface area (TPSA) is 57.6 Å². The van der Waals surface area contributed by atoms with Crippen molar-refractivity contribution in [1.29, 1.82) is 0 Å². The van der Waals surface area contributed by atoms with Crippen molar-refractivity contribution in [2.45, 2.75) is 26.7 Å². The van der Waals surface area contributed by atoms with Crippen LogP contribution in [0, 0.1) is 11.8 Å². The first kappa shape index (κ1) is 14.6. The van der Waals surface area contributed by atoms with Gasteiger partial charge in [0.15, 0.2) is 0 Å². The minimum Gasteiger partial charge on any atom is -0.478 e. The Balaban J connectivity index is 2.00. The van der Waals surface area contributed by atoms with Gasteiger partial charge in [-0.2, -0.15) is 0 Å². The van der Waals surface area contributed by atoms with E-state index in [1.165, 1.54) is 12.1 Å². The highest BCUT2D eigenvalue weighted by molar-refractivity contribution is 5.96. The summed E-state index contributed by atoms with van der Waals surface area (Å²) in [5.74, 6) is 0.289. The van der Waals surface area contributed by atoms with Crippen molar-refractivity contribution in [2.75, 3.05) is 13.1 Å². The number of nitrogens with zero attached hydrogens (tertiary/aromatic N) is 1. The van der Waals surface area contributed by atoms with Gasteiger partial charge in [-0.3, -0.25) is 4.79 Å². The van der Waals surface area contributed by atoms with Crippen molar-refractivity contribution in [2.24, 2.45) is 11.8 Å². The minimum absolute atomic E-state index is 0.00759. The van der Waals surface area contributed by atoms with Gasteiger partial charge in [0.1, 0.15) is 0 Å². The van der Waals surface area contributed by atoms with Gasteiger partial charge in [0.05, 0.1) is 5.56 Å². The van der Waals surface area contributed by atoms with E-state index in [-0.39, 0.29) is 11.5 Å². The van der Waals surface area contributed by atoms with Crippen LogP contribution in [0.4, 0.5) is 0 Å². The maximum atomic E-state index is 12.3. The number of carboxylic acids is 1. The molecule has 0 saturated carbocycles. The Labute approximate surface area is 119 Å². The number of likely N-dealkylation sites (tertiary alicyclic amines) is 1. The smallest absolute Gasteiger partial charge is 0.335 e. The lowest BCUT2D eigenvalue weighted by Crippen LogP contribution is -2.28. The zero-order valence-electron chi connectivity index (χ0n) is 12.0. The molecule has 0 spiro atoms. The van der Waals surface area contributed by atoms with E-state index in [1.54, 1.807) is 12.1 Å². The Kier molecular flexibility index (Phi) is 4.42. The fourth-order valence-electron chi connectivity index (χ4n) is 2.81. The molecule has 1 unspecified atom stereocenters. The van der Waals surface area contributed by atoms with Gasteiger partial charge in [0.2, 0.25) is 0 Å². The number of benzene rings is 1. The molecule has 4 heteroatoms. The first-order chi connectivity index (χ1) is 9.47. The summed E-state index contributed by atoms with van der Waals surface area (Å²) < 4.78 is 0. The number of hydrogen-bond acceptors (Lipinski definition) is 2. The Morgan fingerprint density at radius 3 is 2.40 bits per heavy atom. The maximum absolute atomic E-state index is 12.3. The van der Waals surface area contributed by atoms with Crippen molar-refractivity contribution >= 4 is 11.9 Å². The largest absolute Gasteiger partial charge is 0.478 e. The third-order valence-corrected chi connectivity index (χ3v) is 3.76.